The summed E-state index contributed by atoms with van der Waals surface area (Å²) in [5, 5.41) is 6.17. The zero-order valence-corrected chi connectivity index (χ0v) is 11.7. The molecule has 5 nitrogen and oxygen atoms in total. The van der Waals surface area contributed by atoms with Gasteiger partial charge in [-0.3, -0.25) is 4.79 Å². The van der Waals surface area contributed by atoms with Gasteiger partial charge in [0.25, 0.3) is 0 Å². The highest BCUT2D eigenvalue weighted by Gasteiger charge is 2.18. The van der Waals surface area contributed by atoms with E-state index in [1.54, 1.807) is 0 Å². The van der Waals surface area contributed by atoms with Gasteiger partial charge in [-0.15, -0.1) is 0 Å². The Hall–Kier alpha value is -2.04. The molecule has 0 spiro atoms. The first-order valence-corrected chi connectivity index (χ1v) is 7.20. The maximum Gasteiger partial charge on any atom is 0.240 e. The molecule has 1 amide bonds. The first-order chi connectivity index (χ1) is 9.78. The molecule has 1 fully saturated rings. The van der Waals surface area contributed by atoms with E-state index in [-0.39, 0.29) is 5.91 Å². The van der Waals surface area contributed by atoms with Gasteiger partial charge in [0.15, 0.2) is 0 Å². The van der Waals surface area contributed by atoms with E-state index < -0.39 is 0 Å². The molecule has 2 N–H and O–H groups in total. The molecule has 0 atom stereocenters. The third-order valence-electron chi connectivity index (χ3n) is 3.90. The number of benzene rings is 1. The summed E-state index contributed by atoms with van der Waals surface area (Å²) in [7, 11) is 1.83. The predicted molar refractivity (Wildman–Crippen MR) is 79.7 cm³/mol. The highest BCUT2D eigenvalue weighted by atomic mass is 16.2. The van der Waals surface area contributed by atoms with Crippen LogP contribution in [0.15, 0.2) is 24.3 Å². The van der Waals surface area contributed by atoms with Crippen LogP contribution in [0.4, 0.5) is 5.95 Å². The lowest BCUT2D eigenvalue weighted by Crippen LogP contribution is -2.35. The number of nitrogens with zero attached hydrogens (tertiary/aromatic N) is 2. The molecule has 1 aromatic carbocycles. The number of para-hydroxylation sites is 2. The number of rotatable bonds is 4. The average molecular weight is 272 g/mol. The van der Waals surface area contributed by atoms with Gasteiger partial charge < -0.3 is 15.2 Å². The molecule has 20 heavy (non-hydrogen) atoms. The second-order valence-corrected chi connectivity index (χ2v) is 5.31. The number of fused-ring (bicyclic) bond motifs is 1. The standard InChI is InChI=1S/C15H20N4O/c1-16-15-18-12-8-4-5-9-13(12)19(15)10-14(20)17-11-6-2-3-7-11/h4-5,8-9,11H,2-3,6-7,10H2,1H3,(H,16,18)(H,17,20). The Labute approximate surface area is 118 Å². The lowest BCUT2D eigenvalue weighted by Gasteiger charge is -2.13. The molecular weight excluding hydrogens is 252 g/mol. The van der Waals surface area contributed by atoms with Crippen LogP contribution in [0.5, 0.6) is 0 Å². The molecule has 1 aliphatic carbocycles. The molecule has 0 bridgehead atoms. The number of carbonyl (C=O) groups is 1. The number of imidazole rings is 1. The Morgan fingerprint density at radius 2 is 2.10 bits per heavy atom. The minimum Gasteiger partial charge on any atom is -0.359 e. The molecule has 1 saturated carbocycles. The Bertz CT molecular complexity index is 613. The first-order valence-electron chi connectivity index (χ1n) is 7.20. The fourth-order valence-electron chi connectivity index (χ4n) is 2.91. The zero-order chi connectivity index (χ0) is 13.9. The summed E-state index contributed by atoms with van der Waals surface area (Å²) in [6, 6.07) is 8.23. The van der Waals surface area contributed by atoms with E-state index in [0.29, 0.717) is 12.6 Å². The van der Waals surface area contributed by atoms with Crippen molar-refractivity contribution in [3.05, 3.63) is 24.3 Å². The number of hydrogen-bond donors (Lipinski definition) is 2. The topological polar surface area (TPSA) is 59.0 Å². The molecule has 5 heteroatoms. The van der Waals surface area contributed by atoms with Gasteiger partial charge in [-0.2, -0.15) is 0 Å². The average Bonchev–Trinajstić information content (AvgIpc) is 3.07. The fraction of sp³-hybridized carbons (Fsp3) is 0.467. The van der Waals surface area contributed by atoms with Crippen LogP contribution in [0.2, 0.25) is 0 Å². The van der Waals surface area contributed by atoms with Crippen LogP contribution in [-0.4, -0.2) is 28.5 Å². The third-order valence-corrected chi connectivity index (χ3v) is 3.90. The van der Waals surface area contributed by atoms with Crippen LogP contribution in [0.3, 0.4) is 0 Å². The summed E-state index contributed by atoms with van der Waals surface area (Å²) in [4.78, 5) is 16.7. The smallest absolute Gasteiger partial charge is 0.240 e. The van der Waals surface area contributed by atoms with Gasteiger partial charge in [-0.1, -0.05) is 25.0 Å². The van der Waals surface area contributed by atoms with Gasteiger partial charge in [-0.25, -0.2) is 4.98 Å². The number of nitrogens with one attached hydrogen (secondary N) is 2. The van der Waals surface area contributed by atoms with Crippen molar-refractivity contribution in [3.8, 4) is 0 Å². The van der Waals surface area contributed by atoms with Crippen molar-refractivity contribution in [1.82, 2.24) is 14.9 Å². The molecule has 0 saturated heterocycles. The van der Waals surface area contributed by atoms with E-state index in [1.165, 1.54) is 12.8 Å². The van der Waals surface area contributed by atoms with Crippen LogP contribution in [0.1, 0.15) is 25.7 Å². The molecule has 0 unspecified atom stereocenters. The third kappa shape index (κ3) is 2.48. The van der Waals surface area contributed by atoms with E-state index >= 15 is 0 Å². The summed E-state index contributed by atoms with van der Waals surface area (Å²) >= 11 is 0. The van der Waals surface area contributed by atoms with E-state index in [1.807, 2.05) is 35.9 Å². The van der Waals surface area contributed by atoms with Gasteiger partial charge >= 0.3 is 0 Å². The maximum atomic E-state index is 12.2. The summed E-state index contributed by atoms with van der Waals surface area (Å²) in [6.07, 6.45) is 4.66. The van der Waals surface area contributed by atoms with Crippen molar-refractivity contribution in [1.29, 1.82) is 0 Å². The molecule has 106 valence electrons. The minimum absolute atomic E-state index is 0.0663. The van der Waals surface area contributed by atoms with Crippen LogP contribution in [-0.2, 0) is 11.3 Å². The van der Waals surface area contributed by atoms with E-state index in [4.69, 9.17) is 0 Å². The Kier molecular flexibility index (Phi) is 3.58. The van der Waals surface area contributed by atoms with Gasteiger partial charge in [0.2, 0.25) is 11.9 Å². The van der Waals surface area contributed by atoms with Gasteiger partial charge in [0.05, 0.1) is 11.0 Å². The predicted octanol–water partition coefficient (Wildman–Crippen LogP) is 2.14. The Morgan fingerprint density at radius 1 is 1.35 bits per heavy atom. The van der Waals surface area contributed by atoms with E-state index in [0.717, 1.165) is 29.8 Å². The van der Waals surface area contributed by atoms with Crippen LogP contribution in [0.25, 0.3) is 11.0 Å². The molecule has 1 heterocycles. The summed E-state index contributed by atoms with van der Waals surface area (Å²) < 4.78 is 1.93. The summed E-state index contributed by atoms with van der Waals surface area (Å²) in [6.45, 7) is 0.313. The van der Waals surface area contributed by atoms with Crippen LogP contribution in [0, 0.1) is 0 Å². The summed E-state index contributed by atoms with van der Waals surface area (Å²) in [5.74, 6) is 0.796. The Balaban J connectivity index is 1.80. The van der Waals surface area contributed by atoms with Crippen molar-refractivity contribution >= 4 is 22.9 Å². The maximum absolute atomic E-state index is 12.2. The molecule has 0 aliphatic heterocycles. The fourth-order valence-corrected chi connectivity index (χ4v) is 2.91. The molecule has 2 aromatic rings. The van der Waals surface area contributed by atoms with Crippen LogP contribution >= 0.6 is 0 Å². The molecular formula is C15H20N4O. The number of amides is 1. The number of hydrogen-bond acceptors (Lipinski definition) is 3. The minimum atomic E-state index is 0.0663. The zero-order valence-electron chi connectivity index (χ0n) is 11.7. The lowest BCUT2D eigenvalue weighted by molar-refractivity contribution is -0.122. The van der Waals surface area contributed by atoms with Crippen molar-refractivity contribution in [3.63, 3.8) is 0 Å². The molecule has 0 radical (unpaired) electrons. The second kappa shape index (κ2) is 5.53. The normalized spacial score (nSPS) is 15.7. The second-order valence-electron chi connectivity index (χ2n) is 5.31. The highest BCUT2D eigenvalue weighted by molar-refractivity contribution is 5.83. The molecule has 1 aromatic heterocycles. The van der Waals surface area contributed by atoms with Crippen molar-refractivity contribution in [2.45, 2.75) is 38.3 Å². The molecule has 3 rings (SSSR count). The quantitative estimate of drug-likeness (QED) is 0.896. The lowest BCUT2D eigenvalue weighted by atomic mass is 10.2. The Morgan fingerprint density at radius 3 is 2.85 bits per heavy atom. The van der Waals surface area contributed by atoms with Gasteiger partial charge in [-0.05, 0) is 25.0 Å². The van der Waals surface area contributed by atoms with Crippen molar-refractivity contribution in [2.24, 2.45) is 0 Å². The van der Waals surface area contributed by atoms with Crippen LogP contribution < -0.4 is 10.6 Å². The molecule has 1 aliphatic rings. The first kappa shape index (κ1) is 13.0. The van der Waals surface area contributed by atoms with E-state index in [2.05, 4.69) is 15.6 Å². The number of anilines is 1. The largest absolute Gasteiger partial charge is 0.359 e. The van der Waals surface area contributed by atoms with Crippen molar-refractivity contribution < 1.29 is 4.79 Å². The monoisotopic (exact) mass is 272 g/mol. The van der Waals surface area contributed by atoms with E-state index in [9.17, 15) is 4.79 Å². The SMILES string of the molecule is CNc1nc2ccccc2n1CC(=O)NC1CCCC1. The summed E-state index contributed by atoms with van der Waals surface area (Å²) in [5.41, 5.74) is 1.89. The van der Waals surface area contributed by atoms with Gasteiger partial charge in [0.1, 0.15) is 6.54 Å². The highest BCUT2D eigenvalue weighted by Crippen LogP contribution is 2.20. The van der Waals surface area contributed by atoms with Crippen molar-refractivity contribution in [2.75, 3.05) is 12.4 Å². The number of aromatic nitrogens is 2. The number of carbonyl (C=O) groups excluding carboxylic acids is 1. The van der Waals surface area contributed by atoms with Gasteiger partial charge in [0, 0.05) is 13.1 Å².